The zero-order valence-electron chi connectivity index (χ0n) is 9.25. The van der Waals surface area contributed by atoms with E-state index in [9.17, 15) is 9.18 Å². The van der Waals surface area contributed by atoms with Crippen molar-refractivity contribution in [1.29, 1.82) is 0 Å². The van der Waals surface area contributed by atoms with E-state index in [1.54, 1.807) is 0 Å². The van der Waals surface area contributed by atoms with E-state index in [1.165, 1.54) is 18.2 Å². The van der Waals surface area contributed by atoms with Gasteiger partial charge in [0.05, 0.1) is 12.1 Å². The monoisotopic (exact) mass is 236 g/mol. The van der Waals surface area contributed by atoms with Gasteiger partial charge in [0.25, 0.3) is 5.91 Å². The average Bonchev–Trinajstić information content (AvgIpc) is 2.72. The Kier molecular flexibility index (Phi) is 2.29. The Morgan fingerprint density at radius 1 is 1.35 bits per heavy atom. The van der Waals surface area contributed by atoms with Gasteiger partial charge in [0.2, 0.25) is 0 Å². The molecule has 4 nitrogen and oxygen atoms in total. The molecule has 0 unspecified atom stereocenters. The highest BCUT2D eigenvalue weighted by atomic mass is 19.1. The van der Waals surface area contributed by atoms with Crippen molar-refractivity contribution in [3.63, 3.8) is 0 Å². The molecule has 0 radical (unpaired) electrons. The van der Waals surface area contributed by atoms with Crippen LogP contribution in [-0.4, -0.2) is 31.1 Å². The topological polar surface area (TPSA) is 50.4 Å². The second kappa shape index (κ2) is 3.70. The second-order valence-corrected chi connectivity index (χ2v) is 4.54. The molecule has 1 aromatic rings. The van der Waals surface area contributed by atoms with Crippen molar-refractivity contribution < 1.29 is 13.9 Å². The number of halogens is 1. The van der Waals surface area contributed by atoms with E-state index in [2.05, 4.69) is 10.6 Å². The van der Waals surface area contributed by atoms with Gasteiger partial charge >= 0.3 is 0 Å². The van der Waals surface area contributed by atoms with Crippen LogP contribution in [-0.2, 0) is 0 Å². The molecule has 0 bridgehead atoms. The third kappa shape index (κ3) is 1.76. The Labute approximate surface area is 98.1 Å². The molecule has 1 atom stereocenters. The number of rotatable bonds is 0. The lowest BCUT2D eigenvalue weighted by Gasteiger charge is -2.27. The summed E-state index contributed by atoms with van der Waals surface area (Å²) in [5.74, 6) is -0.239. The molecule has 2 N–H and O–H groups in total. The number of carbonyl (C=O) groups is 1. The third-order valence-corrected chi connectivity index (χ3v) is 3.29. The Morgan fingerprint density at radius 3 is 3.00 bits per heavy atom. The predicted molar refractivity (Wildman–Crippen MR) is 59.6 cm³/mol. The van der Waals surface area contributed by atoms with Gasteiger partial charge in [0, 0.05) is 13.0 Å². The molecule has 0 aliphatic carbocycles. The quantitative estimate of drug-likeness (QED) is 0.696. The molecule has 1 saturated heterocycles. The molecule has 17 heavy (non-hydrogen) atoms. The summed E-state index contributed by atoms with van der Waals surface area (Å²) < 4.78 is 19.0. The van der Waals surface area contributed by atoms with Crippen molar-refractivity contribution in [3.05, 3.63) is 29.6 Å². The van der Waals surface area contributed by atoms with Crippen molar-refractivity contribution in [1.82, 2.24) is 10.6 Å². The van der Waals surface area contributed by atoms with Gasteiger partial charge in [0.15, 0.2) is 0 Å². The van der Waals surface area contributed by atoms with Gasteiger partial charge in [-0.25, -0.2) is 4.39 Å². The van der Waals surface area contributed by atoms with Crippen LogP contribution >= 0.6 is 0 Å². The number of ether oxygens (including phenoxy) is 1. The SMILES string of the molecule is O=C1NC[C@]2(CCNC2)Oc2ccc(F)cc21. The van der Waals surface area contributed by atoms with Crippen molar-refractivity contribution in [2.75, 3.05) is 19.6 Å². The molecular formula is C12H13FN2O2. The van der Waals surface area contributed by atoms with Gasteiger partial charge in [-0.2, -0.15) is 0 Å². The van der Waals surface area contributed by atoms with Crippen molar-refractivity contribution >= 4 is 5.91 Å². The number of nitrogens with one attached hydrogen (secondary N) is 2. The van der Waals surface area contributed by atoms with Crippen LogP contribution in [0.1, 0.15) is 16.8 Å². The minimum atomic E-state index is -0.428. The summed E-state index contributed by atoms with van der Waals surface area (Å²) in [6, 6.07) is 4.05. The zero-order valence-corrected chi connectivity index (χ0v) is 9.25. The molecule has 2 aliphatic rings. The molecule has 90 valence electrons. The summed E-state index contributed by atoms with van der Waals surface area (Å²) in [5, 5.41) is 6.01. The van der Waals surface area contributed by atoms with Gasteiger partial charge in [-0.3, -0.25) is 4.79 Å². The van der Waals surface area contributed by atoms with Crippen LogP contribution in [0.25, 0.3) is 0 Å². The number of fused-ring (bicyclic) bond motifs is 1. The number of benzene rings is 1. The maximum Gasteiger partial charge on any atom is 0.255 e. The first-order valence-corrected chi connectivity index (χ1v) is 5.66. The van der Waals surface area contributed by atoms with Crippen molar-refractivity contribution in [2.45, 2.75) is 12.0 Å². The highest BCUT2D eigenvalue weighted by Crippen LogP contribution is 2.29. The minimum absolute atomic E-state index is 0.272. The lowest BCUT2D eigenvalue weighted by molar-refractivity contribution is 0.0849. The molecule has 2 aliphatic heterocycles. The Balaban J connectivity index is 2.02. The fraction of sp³-hybridized carbons (Fsp3) is 0.417. The first kappa shape index (κ1) is 10.5. The minimum Gasteiger partial charge on any atom is -0.483 e. The summed E-state index contributed by atoms with van der Waals surface area (Å²) in [4.78, 5) is 11.8. The summed E-state index contributed by atoms with van der Waals surface area (Å²) in [6.45, 7) is 2.02. The number of amides is 1. The van der Waals surface area contributed by atoms with Crippen LogP contribution in [0.4, 0.5) is 4.39 Å². The third-order valence-electron chi connectivity index (χ3n) is 3.29. The highest BCUT2D eigenvalue weighted by molar-refractivity contribution is 5.97. The maximum atomic E-state index is 13.1. The lowest BCUT2D eigenvalue weighted by Crippen LogP contribution is -2.46. The van der Waals surface area contributed by atoms with Gasteiger partial charge in [-0.15, -0.1) is 0 Å². The van der Waals surface area contributed by atoms with E-state index in [0.29, 0.717) is 18.8 Å². The second-order valence-electron chi connectivity index (χ2n) is 4.54. The molecule has 3 rings (SSSR count). The summed E-state index contributed by atoms with van der Waals surface area (Å²) >= 11 is 0. The zero-order chi connectivity index (χ0) is 11.9. The van der Waals surface area contributed by atoms with E-state index in [0.717, 1.165) is 13.0 Å². The van der Waals surface area contributed by atoms with Crippen LogP contribution in [0.15, 0.2) is 18.2 Å². The lowest BCUT2D eigenvalue weighted by atomic mass is 10.0. The number of carbonyl (C=O) groups excluding carboxylic acids is 1. The smallest absolute Gasteiger partial charge is 0.255 e. The van der Waals surface area contributed by atoms with Gasteiger partial charge < -0.3 is 15.4 Å². The Morgan fingerprint density at radius 2 is 2.24 bits per heavy atom. The molecule has 0 aromatic heterocycles. The van der Waals surface area contributed by atoms with E-state index >= 15 is 0 Å². The molecule has 1 spiro atoms. The standard InChI is InChI=1S/C12H13FN2O2/c13-8-1-2-10-9(5-8)11(16)15-7-12(17-10)3-4-14-6-12/h1-2,5,14H,3-4,6-7H2,(H,15,16)/t12-/m1/s1. The first-order chi connectivity index (χ1) is 8.19. The Hall–Kier alpha value is -1.62. The number of hydrogen-bond acceptors (Lipinski definition) is 3. The van der Waals surface area contributed by atoms with Crippen molar-refractivity contribution in [3.8, 4) is 5.75 Å². The molecule has 0 saturated carbocycles. The summed E-state index contributed by atoms with van der Waals surface area (Å²) in [6.07, 6.45) is 0.837. The molecule has 5 heteroatoms. The molecule has 1 aromatic carbocycles. The van der Waals surface area contributed by atoms with Crippen LogP contribution in [0.2, 0.25) is 0 Å². The van der Waals surface area contributed by atoms with Gasteiger partial charge in [-0.05, 0) is 24.7 Å². The van der Waals surface area contributed by atoms with Crippen LogP contribution in [0, 0.1) is 5.82 Å². The predicted octanol–water partition coefficient (Wildman–Crippen LogP) is 0.680. The normalized spacial score (nSPS) is 27.2. The van der Waals surface area contributed by atoms with Crippen LogP contribution in [0.5, 0.6) is 5.75 Å². The van der Waals surface area contributed by atoms with Gasteiger partial charge in [-0.1, -0.05) is 0 Å². The van der Waals surface area contributed by atoms with Crippen LogP contribution < -0.4 is 15.4 Å². The molecule has 2 heterocycles. The number of hydrogen-bond donors (Lipinski definition) is 2. The summed E-state index contributed by atoms with van der Waals surface area (Å²) in [5.41, 5.74) is -0.118. The largest absolute Gasteiger partial charge is 0.483 e. The van der Waals surface area contributed by atoms with Crippen molar-refractivity contribution in [2.24, 2.45) is 0 Å². The van der Waals surface area contributed by atoms with E-state index in [4.69, 9.17) is 4.74 Å². The van der Waals surface area contributed by atoms with E-state index in [-0.39, 0.29) is 11.5 Å². The van der Waals surface area contributed by atoms with Crippen LogP contribution in [0.3, 0.4) is 0 Å². The molecule has 1 amide bonds. The fourth-order valence-electron chi connectivity index (χ4n) is 2.33. The average molecular weight is 236 g/mol. The first-order valence-electron chi connectivity index (χ1n) is 5.66. The summed E-state index contributed by atoms with van der Waals surface area (Å²) in [7, 11) is 0. The highest BCUT2D eigenvalue weighted by Gasteiger charge is 2.39. The molecule has 1 fully saturated rings. The fourth-order valence-corrected chi connectivity index (χ4v) is 2.33. The Bertz CT molecular complexity index is 470. The maximum absolute atomic E-state index is 13.1. The molecular weight excluding hydrogens is 223 g/mol. The van der Waals surface area contributed by atoms with E-state index in [1.807, 2.05) is 0 Å². The van der Waals surface area contributed by atoms with E-state index < -0.39 is 11.4 Å². The van der Waals surface area contributed by atoms with Gasteiger partial charge in [0.1, 0.15) is 17.2 Å².